The normalized spacial score (nSPS) is 23.1. The zero-order valence-electron chi connectivity index (χ0n) is 11.3. The van der Waals surface area contributed by atoms with Gasteiger partial charge in [-0.3, -0.25) is 4.79 Å². The molecule has 0 aromatic heterocycles. The molecule has 4 heteroatoms. The molecule has 0 radical (unpaired) electrons. The first-order valence-electron chi connectivity index (χ1n) is 6.82. The van der Waals surface area contributed by atoms with Gasteiger partial charge < -0.3 is 10.6 Å². The van der Waals surface area contributed by atoms with Gasteiger partial charge in [0.1, 0.15) is 5.82 Å². The quantitative estimate of drug-likeness (QED) is 0.910. The lowest BCUT2D eigenvalue weighted by molar-refractivity contribution is -0.135. The van der Waals surface area contributed by atoms with Crippen molar-refractivity contribution in [2.24, 2.45) is 11.7 Å². The van der Waals surface area contributed by atoms with Gasteiger partial charge in [-0.1, -0.05) is 24.6 Å². The van der Waals surface area contributed by atoms with E-state index >= 15 is 0 Å². The minimum Gasteiger partial charge on any atom is -0.341 e. The molecule has 0 bridgehead atoms. The lowest BCUT2D eigenvalue weighted by atomic mass is 9.85. The number of benzene rings is 1. The van der Waals surface area contributed by atoms with E-state index in [0.29, 0.717) is 12.1 Å². The van der Waals surface area contributed by atoms with Gasteiger partial charge in [-0.25, -0.2) is 4.39 Å². The number of carbonyl (C=O) groups excluding carboxylic acids is 1. The summed E-state index contributed by atoms with van der Waals surface area (Å²) in [6.45, 7) is 0.317. The molecule has 3 nitrogen and oxygen atoms in total. The number of nitrogens with two attached hydrogens (primary N) is 1. The second-order valence-corrected chi connectivity index (χ2v) is 5.41. The molecule has 2 unspecified atom stereocenters. The molecular formula is C15H21FN2O. The van der Waals surface area contributed by atoms with Gasteiger partial charge in [0.2, 0.25) is 5.91 Å². The molecule has 1 amide bonds. The van der Waals surface area contributed by atoms with Crippen molar-refractivity contribution in [3.8, 4) is 0 Å². The molecule has 1 fully saturated rings. The molecule has 1 aliphatic rings. The van der Waals surface area contributed by atoms with Gasteiger partial charge in [-0.15, -0.1) is 0 Å². The summed E-state index contributed by atoms with van der Waals surface area (Å²) >= 11 is 0. The molecule has 0 heterocycles. The SMILES string of the molecule is CN(Cc1ccccc1F)C(=O)C1CCCC(N)C1. The van der Waals surface area contributed by atoms with E-state index in [-0.39, 0.29) is 23.7 Å². The number of halogens is 1. The third-order valence-corrected chi connectivity index (χ3v) is 3.81. The summed E-state index contributed by atoms with van der Waals surface area (Å²) < 4.78 is 13.6. The summed E-state index contributed by atoms with van der Waals surface area (Å²) in [6, 6.07) is 6.70. The molecule has 0 saturated heterocycles. The van der Waals surface area contributed by atoms with Gasteiger partial charge in [-0.2, -0.15) is 0 Å². The molecule has 1 aromatic carbocycles. The average Bonchev–Trinajstić information content (AvgIpc) is 2.40. The predicted molar refractivity (Wildman–Crippen MR) is 72.8 cm³/mol. The maximum atomic E-state index is 13.6. The van der Waals surface area contributed by atoms with E-state index in [4.69, 9.17) is 5.73 Å². The van der Waals surface area contributed by atoms with Gasteiger partial charge in [-0.05, 0) is 25.3 Å². The van der Waals surface area contributed by atoms with Gasteiger partial charge in [0.25, 0.3) is 0 Å². The first kappa shape index (κ1) is 14.0. The van der Waals surface area contributed by atoms with Crippen LogP contribution in [0.1, 0.15) is 31.2 Å². The number of nitrogens with zero attached hydrogens (tertiary/aromatic N) is 1. The second-order valence-electron chi connectivity index (χ2n) is 5.41. The zero-order chi connectivity index (χ0) is 13.8. The number of amides is 1. The highest BCUT2D eigenvalue weighted by Gasteiger charge is 2.27. The summed E-state index contributed by atoms with van der Waals surface area (Å²) in [5.41, 5.74) is 6.46. The van der Waals surface area contributed by atoms with Crippen molar-refractivity contribution in [3.05, 3.63) is 35.6 Å². The molecule has 1 aliphatic carbocycles. The third kappa shape index (κ3) is 3.53. The maximum Gasteiger partial charge on any atom is 0.225 e. The van der Waals surface area contributed by atoms with Crippen LogP contribution in [-0.4, -0.2) is 23.9 Å². The molecule has 2 atom stereocenters. The summed E-state index contributed by atoms with van der Waals surface area (Å²) in [6.07, 6.45) is 3.65. The maximum absolute atomic E-state index is 13.6. The van der Waals surface area contributed by atoms with Crippen LogP contribution in [0.2, 0.25) is 0 Å². The Morgan fingerprint density at radius 1 is 1.42 bits per heavy atom. The van der Waals surface area contributed by atoms with Crippen molar-refractivity contribution < 1.29 is 9.18 Å². The number of hydrogen-bond acceptors (Lipinski definition) is 2. The smallest absolute Gasteiger partial charge is 0.225 e. The van der Waals surface area contributed by atoms with Crippen molar-refractivity contribution in [2.45, 2.75) is 38.3 Å². The Morgan fingerprint density at radius 2 is 2.16 bits per heavy atom. The first-order valence-corrected chi connectivity index (χ1v) is 6.82. The monoisotopic (exact) mass is 264 g/mol. The van der Waals surface area contributed by atoms with E-state index in [2.05, 4.69) is 0 Å². The minimum absolute atomic E-state index is 0.000485. The van der Waals surface area contributed by atoms with Crippen LogP contribution < -0.4 is 5.73 Å². The van der Waals surface area contributed by atoms with E-state index in [0.717, 1.165) is 25.7 Å². The third-order valence-electron chi connectivity index (χ3n) is 3.81. The van der Waals surface area contributed by atoms with E-state index in [1.165, 1.54) is 6.07 Å². The van der Waals surface area contributed by atoms with Crippen molar-refractivity contribution in [2.75, 3.05) is 7.05 Å². The van der Waals surface area contributed by atoms with E-state index < -0.39 is 0 Å². The predicted octanol–water partition coefficient (Wildman–Crippen LogP) is 2.30. The topological polar surface area (TPSA) is 46.3 Å². The van der Waals surface area contributed by atoms with Crippen LogP contribution in [0.3, 0.4) is 0 Å². The van der Waals surface area contributed by atoms with Crippen LogP contribution in [0, 0.1) is 11.7 Å². The van der Waals surface area contributed by atoms with Gasteiger partial charge >= 0.3 is 0 Å². The first-order chi connectivity index (χ1) is 9.08. The standard InChI is InChI=1S/C15H21FN2O/c1-18(10-12-5-2-3-8-14(12)16)15(19)11-6-4-7-13(17)9-11/h2-3,5,8,11,13H,4,6-7,9-10,17H2,1H3. The summed E-state index contributed by atoms with van der Waals surface area (Å²) in [5, 5.41) is 0. The molecule has 1 saturated carbocycles. The fourth-order valence-corrected chi connectivity index (χ4v) is 2.72. The van der Waals surface area contributed by atoms with Crippen LogP contribution in [0.25, 0.3) is 0 Å². The van der Waals surface area contributed by atoms with Crippen LogP contribution in [0.5, 0.6) is 0 Å². The van der Waals surface area contributed by atoms with E-state index in [1.54, 1.807) is 30.1 Å². The molecule has 2 rings (SSSR count). The molecule has 104 valence electrons. The Labute approximate surface area is 113 Å². The molecule has 19 heavy (non-hydrogen) atoms. The average molecular weight is 264 g/mol. The second kappa shape index (κ2) is 6.15. The fourth-order valence-electron chi connectivity index (χ4n) is 2.72. The van der Waals surface area contributed by atoms with E-state index in [1.807, 2.05) is 0 Å². The Bertz CT molecular complexity index is 450. The van der Waals surface area contributed by atoms with Crippen LogP contribution >= 0.6 is 0 Å². The Kier molecular flexibility index (Phi) is 4.53. The molecule has 0 spiro atoms. The summed E-state index contributed by atoms with van der Waals surface area (Å²) in [4.78, 5) is 13.9. The molecule has 0 aliphatic heterocycles. The zero-order valence-corrected chi connectivity index (χ0v) is 11.3. The highest BCUT2D eigenvalue weighted by Crippen LogP contribution is 2.25. The molecular weight excluding hydrogens is 243 g/mol. The Balaban J connectivity index is 1.97. The van der Waals surface area contributed by atoms with Crippen molar-refractivity contribution in [1.82, 2.24) is 4.90 Å². The number of hydrogen-bond donors (Lipinski definition) is 1. The molecule has 2 N–H and O–H groups in total. The van der Waals surface area contributed by atoms with Crippen molar-refractivity contribution in [3.63, 3.8) is 0 Å². The van der Waals surface area contributed by atoms with Crippen LogP contribution in [-0.2, 0) is 11.3 Å². The van der Waals surface area contributed by atoms with E-state index in [9.17, 15) is 9.18 Å². The summed E-state index contributed by atoms with van der Waals surface area (Å²) in [5.74, 6) is -0.179. The Morgan fingerprint density at radius 3 is 2.84 bits per heavy atom. The van der Waals surface area contributed by atoms with Crippen molar-refractivity contribution >= 4 is 5.91 Å². The highest BCUT2D eigenvalue weighted by molar-refractivity contribution is 5.78. The Hall–Kier alpha value is -1.42. The lowest BCUT2D eigenvalue weighted by Crippen LogP contribution is -2.38. The van der Waals surface area contributed by atoms with Gasteiger partial charge in [0.15, 0.2) is 0 Å². The van der Waals surface area contributed by atoms with Crippen molar-refractivity contribution in [1.29, 1.82) is 0 Å². The van der Waals surface area contributed by atoms with Crippen LogP contribution in [0.15, 0.2) is 24.3 Å². The van der Waals surface area contributed by atoms with Crippen LogP contribution in [0.4, 0.5) is 4.39 Å². The van der Waals surface area contributed by atoms with Gasteiger partial charge in [0.05, 0.1) is 0 Å². The molecule has 1 aromatic rings. The largest absolute Gasteiger partial charge is 0.341 e. The number of rotatable bonds is 3. The fraction of sp³-hybridized carbons (Fsp3) is 0.533. The highest BCUT2D eigenvalue weighted by atomic mass is 19.1. The lowest BCUT2D eigenvalue weighted by Gasteiger charge is -2.29. The summed E-state index contributed by atoms with van der Waals surface area (Å²) in [7, 11) is 1.73. The van der Waals surface area contributed by atoms with Gasteiger partial charge in [0, 0.05) is 31.1 Å². The minimum atomic E-state index is -0.262. The number of carbonyl (C=O) groups is 1.